The first-order valence-corrected chi connectivity index (χ1v) is 6.66. The minimum Gasteiger partial charge on any atom is -0.480 e. The summed E-state index contributed by atoms with van der Waals surface area (Å²) in [4.78, 5) is 12.7. The number of hydrogen-bond donors (Lipinski definition) is 1. The molecule has 1 saturated heterocycles. The summed E-state index contributed by atoms with van der Waals surface area (Å²) >= 11 is 1.86. The van der Waals surface area contributed by atoms with Gasteiger partial charge in [-0.25, -0.2) is 4.79 Å². The van der Waals surface area contributed by atoms with E-state index in [4.69, 9.17) is 9.84 Å². The SMILES string of the molecule is CSCCN1CCC(OCC(=O)O)CC1. The van der Waals surface area contributed by atoms with Crippen LogP contribution in [0.2, 0.25) is 0 Å². The summed E-state index contributed by atoms with van der Waals surface area (Å²) < 4.78 is 5.27. The maximum absolute atomic E-state index is 10.3. The summed E-state index contributed by atoms with van der Waals surface area (Å²) in [5, 5.41) is 8.47. The third kappa shape index (κ3) is 5.39. The fourth-order valence-electron chi connectivity index (χ4n) is 1.71. The smallest absolute Gasteiger partial charge is 0.329 e. The molecule has 0 aromatic heterocycles. The first kappa shape index (κ1) is 12.8. The van der Waals surface area contributed by atoms with Crippen molar-refractivity contribution in [1.82, 2.24) is 4.90 Å². The van der Waals surface area contributed by atoms with E-state index < -0.39 is 5.97 Å². The van der Waals surface area contributed by atoms with Crippen molar-refractivity contribution in [3.8, 4) is 0 Å². The maximum atomic E-state index is 10.3. The molecule has 1 aliphatic rings. The first-order chi connectivity index (χ1) is 7.22. The number of carbonyl (C=O) groups is 1. The Balaban J connectivity index is 2.09. The normalized spacial score (nSPS) is 19.3. The van der Waals surface area contributed by atoms with Crippen LogP contribution in [0.25, 0.3) is 0 Å². The lowest BCUT2D eigenvalue weighted by atomic mass is 10.1. The zero-order valence-corrected chi connectivity index (χ0v) is 9.96. The Hall–Kier alpha value is -0.260. The van der Waals surface area contributed by atoms with E-state index in [0.717, 1.165) is 32.5 Å². The van der Waals surface area contributed by atoms with Crippen LogP contribution in [0.3, 0.4) is 0 Å². The van der Waals surface area contributed by atoms with Gasteiger partial charge in [-0.2, -0.15) is 11.8 Å². The van der Waals surface area contributed by atoms with Crippen molar-refractivity contribution in [2.75, 3.05) is 38.2 Å². The van der Waals surface area contributed by atoms with Crippen molar-refractivity contribution in [3.05, 3.63) is 0 Å². The molecule has 1 rings (SSSR count). The number of aliphatic carboxylic acids is 1. The zero-order chi connectivity index (χ0) is 11.1. The molecule has 0 bridgehead atoms. The minimum atomic E-state index is -0.875. The molecule has 0 radical (unpaired) electrons. The number of ether oxygens (including phenoxy) is 1. The molecule has 0 amide bonds. The molecular formula is C10H19NO3S. The standard InChI is InChI=1S/C10H19NO3S/c1-15-7-6-11-4-2-9(3-5-11)14-8-10(12)13/h9H,2-8H2,1H3,(H,12,13). The number of hydrogen-bond acceptors (Lipinski definition) is 4. The van der Waals surface area contributed by atoms with Gasteiger partial charge in [0.2, 0.25) is 0 Å². The highest BCUT2D eigenvalue weighted by Gasteiger charge is 2.19. The van der Waals surface area contributed by atoms with Gasteiger partial charge in [0, 0.05) is 25.4 Å². The fourth-order valence-corrected chi connectivity index (χ4v) is 2.15. The van der Waals surface area contributed by atoms with E-state index in [1.165, 1.54) is 5.75 Å². The molecule has 0 aromatic carbocycles. The van der Waals surface area contributed by atoms with Gasteiger partial charge in [0.15, 0.2) is 0 Å². The zero-order valence-electron chi connectivity index (χ0n) is 9.15. The summed E-state index contributed by atoms with van der Waals surface area (Å²) in [6.07, 6.45) is 4.18. The summed E-state index contributed by atoms with van der Waals surface area (Å²) in [5.74, 6) is 0.292. The van der Waals surface area contributed by atoms with Crippen LogP contribution in [0.4, 0.5) is 0 Å². The molecule has 4 nitrogen and oxygen atoms in total. The van der Waals surface area contributed by atoms with Crippen molar-refractivity contribution >= 4 is 17.7 Å². The van der Waals surface area contributed by atoms with E-state index in [0.29, 0.717) is 0 Å². The molecule has 0 saturated carbocycles. The number of rotatable bonds is 6. The average molecular weight is 233 g/mol. The highest BCUT2D eigenvalue weighted by Crippen LogP contribution is 2.13. The molecule has 1 aliphatic heterocycles. The van der Waals surface area contributed by atoms with Gasteiger partial charge in [0.25, 0.3) is 0 Å². The highest BCUT2D eigenvalue weighted by atomic mass is 32.2. The molecule has 15 heavy (non-hydrogen) atoms. The van der Waals surface area contributed by atoms with E-state index in [9.17, 15) is 4.79 Å². The molecule has 0 aromatic rings. The number of piperidine rings is 1. The highest BCUT2D eigenvalue weighted by molar-refractivity contribution is 7.98. The van der Waals surface area contributed by atoms with Crippen LogP contribution in [0.1, 0.15) is 12.8 Å². The van der Waals surface area contributed by atoms with E-state index in [2.05, 4.69) is 11.2 Å². The summed E-state index contributed by atoms with van der Waals surface area (Å²) in [6.45, 7) is 3.04. The van der Waals surface area contributed by atoms with Crippen molar-refractivity contribution in [1.29, 1.82) is 0 Å². The topological polar surface area (TPSA) is 49.8 Å². The fraction of sp³-hybridized carbons (Fsp3) is 0.900. The Kier molecular flexibility index (Phi) is 6.05. The van der Waals surface area contributed by atoms with Crippen molar-refractivity contribution < 1.29 is 14.6 Å². The van der Waals surface area contributed by atoms with Crippen LogP contribution in [0.15, 0.2) is 0 Å². The van der Waals surface area contributed by atoms with Gasteiger partial charge in [-0.05, 0) is 19.1 Å². The maximum Gasteiger partial charge on any atom is 0.329 e. The third-order valence-corrected chi connectivity index (χ3v) is 3.18. The second-order valence-corrected chi connectivity index (χ2v) is 4.72. The van der Waals surface area contributed by atoms with Gasteiger partial charge >= 0.3 is 5.97 Å². The Labute approximate surface area is 95.0 Å². The predicted octanol–water partition coefficient (Wildman–Crippen LogP) is 0.915. The number of thioether (sulfide) groups is 1. The lowest BCUT2D eigenvalue weighted by Gasteiger charge is -2.31. The van der Waals surface area contributed by atoms with E-state index >= 15 is 0 Å². The van der Waals surface area contributed by atoms with Crippen LogP contribution >= 0.6 is 11.8 Å². The van der Waals surface area contributed by atoms with Gasteiger partial charge in [0.05, 0.1) is 6.10 Å². The summed E-state index contributed by atoms with van der Waals surface area (Å²) in [6, 6.07) is 0. The third-order valence-electron chi connectivity index (χ3n) is 2.59. The monoisotopic (exact) mass is 233 g/mol. The minimum absolute atomic E-state index is 0.145. The van der Waals surface area contributed by atoms with Gasteiger partial charge in [-0.3, -0.25) is 0 Å². The summed E-state index contributed by atoms with van der Waals surface area (Å²) in [5.41, 5.74) is 0. The number of carboxylic acid groups (broad SMARTS) is 1. The lowest BCUT2D eigenvalue weighted by molar-refractivity contribution is -0.145. The molecule has 88 valence electrons. The van der Waals surface area contributed by atoms with E-state index in [1.54, 1.807) is 0 Å². The second kappa shape index (κ2) is 7.09. The molecular weight excluding hydrogens is 214 g/mol. The average Bonchev–Trinajstić information content (AvgIpc) is 2.25. The van der Waals surface area contributed by atoms with E-state index in [1.807, 2.05) is 11.8 Å². The van der Waals surface area contributed by atoms with Gasteiger partial charge in [0.1, 0.15) is 6.61 Å². The number of likely N-dealkylation sites (tertiary alicyclic amines) is 1. The van der Waals surface area contributed by atoms with Crippen LogP contribution < -0.4 is 0 Å². The first-order valence-electron chi connectivity index (χ1n) is 5.27. The van der Waals surface area contributed by atoms with Crippen molar-refractivity contribution in [3.63, 3.8) is 0 Å². The van der Waals surface area contributed by atoms with Crippen LogP contribution in [0, 0.1) is 0 Å². The quantitative estimate of drug-likeness (QED) is 0.739. The van der Waals surface area contributed by atoms with Gasteiger partial charge < -0.3 is 14.7 Å². The number of nitrogens with zero attached hydrogens (tertiary/aromatic N) is 1. The Bertz CT molecular complexity index is 193. The molecule has 1 N–H and O–H groups in total. The number of carboxylic acids is 1. The van der Waals surface area contributed by atoms with Gasteiger partial charge in [-0.1, -0.05) is 0 Å². The van der Waals surface area contributed by atoms with Crippen LogP contribution in [-0.2, 0) is 9.53 Å². The molecule has 0 atom stereocenters. The molecule has 1 fully saturated rings. The second-order valence-electron chi connectivity index (χ2n) is 3.74. The largest absolute Gasteiger partial charge is 0.480 e. The summed E-state index contributed by atoms with van der Waals surface area (Å²) in [7, 11) is 0. The Morgan fingerprint density at radius 1 is 1.53 bits per heavy atom. The lowest BCUT2D eigenvalue weighted by Crippen LogP contribution is -2.38. The molecule has 1 heterocycles. The molecule has 0 unspecified atom stereocenters. The predicted molar refractivity (Wildman–Crippen MR) is 61.4 cm³/mol. The van der Waals surface area contributed by atoms with Crippen LogP contribution in [0.5, 0.6) is 0 Å². The Morgan fingerprint density at radius 2 is 2.20 bits per heavy atom. The van der Waals surface area contributed by atoms with Crippen molar-refractivity contribution in [2.45, 2.75) is 18.9 Å². The van der Waals surface area contributed by atoms with Gasteiger partial charge in [-0.15, -0.1) is 0 Å². The Morgan fingerprint density at radius 3 is 2.73 bits per heavy atom. The molecule has 0 spiro atoms. The molecule has 5 heteroatoms. The van der Waals surface area contributed by atoms with E-state index in [-0.39, 0.29) is 12.7 Å². The molecule has 0 aliphatic carbocycles. The van der Waals surface area contributed by atoms with Crippen molar-refractivity contribution in [2.24, 2.45) is 0 Å². The van der Waals surface area contributed by atoms with Crippen LogP contribution in [-0.4, -0.2) is 60.3 Å².